The maximum Gasteiger partial charge on any atom is 0.416 e. The molecule has 5 nitrogen and oxygen atoms in total. The highest BCUT2D eigenvalue weighted by Crippen LogP contribution is 2.42. The molecule has 1 aliphatic rings. The number of hydrogen-bond donors (Lipinski definition) is 2. The largest absolute Gasteiger partial charge is 0.416 e. The number of nitrogens with one attached hydrogen (secondary N) is 1. The summed E-state index contributed by atoms with van der Waals surface area (Å²) in [5.41, 5.74) is 0.735. The Morgan fingerprint density at radius 3 is 2.45 bits per heavy atom. The Morgan fingerprint density at radius 2 is 1.76 bits per heavy atom. The van der Waals surface area contributed by atoms with Gasteiger partial charge in [-0.15, -0.1) is 0 Å². The SMILES string of the molecule is NS(=O)(=O)c1cccc(NC(=O)c2ccc(C(F)(F)F)cc2C2CCc3cc(F)ccc32)c1. The minimum Gasteiger partial charge on any atom is -0.322 e. The zero-order valence-corrected chi connectivity index (χ0v) is 17.8. The molecular formula is C23H18F4N2O3S. The van der Waals surface area contributed by atoms with Crippen molar-refractivity contribution < 1.29 is 30.8 Å². The van der Waals surface area contributed by atoms with E-state index in [9.17, 15) is 30.8 Å². The second-order valence-electron chi connectivity index (χ2n) is 7.76. The predicted octanol–water partition coefficient (Wildman–Crippen LogP) is 4.82. The molecule has 1 amide bonds. The number of hydrogen-bond acceptors (Lipinski definition) is 3. The number of alkyl halides is 3. The van der Waals surface area contributed by atoms with Crippen LogP contribution < -0.4 is 10.5 Å². The maximum atomic E-state index is 13.6. The molecule has 33 heavy (non-hydrogen) atoms. The van der Waals surface area contributed by atoms with Gasteiger partial charge in [0, 0.05) is 17.2 Å². The number of nitrogens with two attached hydrogens (primary N) is 1. The third kappa shape index (κ3) is 4.76. The van der Waals surface area contributed by atoms with Gasteiger partial charge in [-0.2, -0.15) is 13.2 Å². The van der Waals surface area contributed by atoms with E-state index in [2.05, 4.69) is 5.32 Å². The predicted molar refractivity (Wildman–Crippen MR) is 114 cm³/mol. The van der Waals surface area contributed by atoms with Crippen molar-refractivity contribution in [3.05, 3.63) is 94.3 Å². The Bertz CT molecular complexity index is 1350. The van der Waals surface area contributed by atoms with Gasteiger partial charge in [0.05, 0.1) is 10.5 Å². The number of aryl methyl sites for hydroxylation is 1. The topological polar surface area (TPSA) is 89.3 Å². The summed E-state index contributed by atoms with van der Waals surface area (Å²) in [6.45, 7) is 0. The molecule has 1 aliphatic carbocycles. The average molecular weight is 478 g/mol. The highest BCUT2D eigenvalue weighted by molar-refractivity contribution is 7.89. The van der Waals surface area contributed by atoms with Crippen LogP contribution in [0.1, 0.15) is 45.0 Å². The average Bonchev–Trinajstić information content (AvgIpc) is 3.15. The molecule has 0 fully saturated rings. The minimum atomic E-state index is -4.61. The van der Waals surface area contributed by atoms with Crippen LogP contribution in [-0.2, 0) is 22.6 Å². The number of benzene rings is 3. The Kier molecular flexibility index (Phi) is 5.75. The van der Waals surface area contributed by atoms with Gasteiger partial charge in [-0.05, 0) is 78.1 Å². The second-order valence-corrected chi connectivity index (χ2v) is 9.32. The number of rotatable bonds is 4. The smallest absolute Gasteiger partial charge is 0.322 e. The molecule has 0 bridgehead atoms. The Labute approximate surface area is 187 Å². The molecule has 1 unspecified atom stereocenters. The second kappa shape index (κ2) is 8.27. The first-order chi connectivity index (χ1) is 15.4. The van der Waals surface area contributed by atoms with E-state index in [4.69, 9.17) is 5.14 Å². The molecule has 0 spiro atoms. The van der Waals surface area contributed by atoms with E-state index in [1.807, 2.05) is 0 Å². The molecular weight excluding hydrogens is 460 g/mol. The molecule has 10 heteroatoms. The van der Waals surface area contributed by atoms with Crippen molar-refractivity contribution in [1.82, 2.24) is 0 Å². The summed E-state index contributed by atoms with van der Waals surface area (Å²) in [5, 5.41) is 7.64. The van der Waals surface area contributed by atoms with Gasteiger partial charge in [0.15, 0.2) is 0 Å². The van der Waals surface area contributed by atoms with E-state index in [0.29, 0.717) is 24.0 Å². The summed E-state index contributed by atoms with van der Waals surface area (Å²) in [4.78, 5) is 12.8. The summed E-state index contributed by atoms with van der Waals surface area (Å²) < 4.78 is 77.0. The molecule has 0 aromatic heterocycles. The van der Waals surface area contributed by atoms with Crippen LogP contribution in [0.5, 0.6) is 0 Å². The van der Waals surface area contributed by atoms with Gasteiger partial charge in [0.2, 0.25) is 10.0 Å². The van der Waals surface area contributed by atoms with Gasteiger partial charge in [-0.1, -0.05) is 12.1 Å². The number of fused-ring (bicyclic) bond motifs is 1. The first-order valence-corrected chi connectivity index (χ1v) is 11.4. The fourth-order valence-corrected chi connectivity index (χ4v) is 4.65. The van der Waals surface area contributed by atoms with Crippen molar-refractivity contribution in [2.24, 2.45) is 5.14 Å². The molecule has 0 saturated carbocycles. The zero-order valence-electron chi connectivity index (χ0n) is 17.0. The van der Waals surface area contributed by atoms with Crippen molar-refractivity contribution >= 4 is 21.6 Å². The third-order valence-corrected chi connectivity index (χ3v) is 6.51. The molecule has 3 aromatic carbocycles. The van der Waals surface area contributed by atoms with Gasteiger partial charge in [-0.3, -0.25) is 4.79 Å². The van der Waals surface area contributed by atoms with Gasteiger partial charge in [-0.25, -0.2) is 17.9 Å². The fourth-order valence-electron chi connectivity index (χ4n) is 4.09. The fraction of sp³-hybridized carbons (Fsp3) is 0.174. The van der Waals surface area contributed by atoms with Crippen molar-refractivity contribution in [3.8, 4) is 0 Å². The molecule has 4 rings (SSSR count). The zero-order chi connectivity index (χ0) is 24.0. The Balaban J connectivity index is 1.76. The van der Waals surface area contributed by atoms with E-state index in [-0.39, 0.29) is 21.7 Å². The van der Waals surface area contributed by atoms with E-state index < -0.39 is 39.4 Å². The molecule has 172 valence electrons. The summed E-state index contributed by atoms with van der Waals surface area (Å²) >= 11 is 0. The van der Waals surface area contributed by atoms with Crippen LogP contribution in [0.15, 0.2) is 65.6 Å². The molecule has 3 aromatic rings. The monoisotopic (exact) mass is 478 g/mol. The van der Waals surface area contributed by atoms with Crippen LogP contribution >= 0.6 is 0 Å². The van der Waals surface area contributed by atoms with Crippen molar-refractivity contribution in [1.29, 1.82) is 0 Å². The van der Waals surface area contributed by atoms with Crippen LogP contribution in [0.4, 0.5) is 23.2 Å². The molecule has 0 aliphatic heterocycles. The Hall–Kier alpha value is -3.24. The van der Waals surface area contributed by atoms with Crippen LogP contribution in [-0.4, -0.2) is 14.3 Å². The van der Waals surface area contributed by atoms with Crippen molar-refractivity contribution in [2.75, 3.05) is 5.32 Å². The van der Waals surface area contributed by atoms with Crippen LogP contribution in [0, 0.1) is 5.82 Å². The van der Waals surface area contributed by atoms with Gasteiger partial charge >= 0.3 is 6.18 Å². The summed E-state index contributed by atoms with van der Waals surface area (Å²) in [6, 6.07) is 12.2. The summed E-state index contributed by atoms with van der Waals surface area (Å²) in [7, 11) is -4.01. The number of primary sulfonamides is 1. The van der Waals surface area contributed by atoms with Crippen molar-refractivity contribution in [2.45, 2.75) is 29.8 Å². The van der Waals surface area contributed by atoms with Gasteiger partial charge in [0.1, 0.15) is 5.82 Å². The number of anilines is 1. The third-order valence-electron chi connectivity index (χ3n) is 5.60. The Morgan fingerprint density at radius 1 is 1.00 bits per heavy atom. The quantitative estimate of drug-likeness (QED) is 0.527. The first-order valence-electron chi connectivity index (χ1n) is 9.87. The first kappa shape index (κ1) is 22.9. The maximum absolute atomic E-state index is 13.6. The molecule has 3 N–H and O–H groups in total. The van der Waals surface area contributed by atoms with Gasteiger partial charge in [0.25, 0.3) is 5.91 Å². The van der Waals surface area contributed by atoms with E-state index in [1.54, 1.807) is 0 Å². The standard InChI is InChI=1S/C23H18F4N2O3S/c24-15-6-9-18-13(10-15)4-7-19(18)21-11-14(23(25,26)27)5-8-20(21)22(30)29-16-2-1-3-17(12-16)33(28,31)32/h1-3,5-6,8-12,19H,4,7H2,(H,29,30)(H2,28,31,32). The van der Waals surface area contributed by atoms with Crippen LogP contribution in [0.2, 0.25) is 0 Å². The lowest BCUT2D eigenvalue weighted by Crippen LogP contribution is -2.18. The lowest BCUT2D eigenvalue weighted by atomic mass is 9.87. The summed E-state index contributed by atoms with van der Waals surface area (Å²) in [6.07, 6.45) is -3.73. The number of sulfonamides is 1. The number of carbonyl (C=O) groups excluding carboxylic acids is 1. The highest BCUT2D eigenvalue weighted by atomic mass is 32.2. The number of amides is 1. The number of halogens is 4. The van der Waals surface area contributed by atoms with E-state index in [1.165, 1.54) is 36.4 Å². The molecule has 0 saturated heterocycles. The minimum absolute atomic E-state index is 0.00573. The molecule has 0 radical (unpaired) electrons. The lowest BCUT2D eigenvalue weighted by Gasteiger charge is -2.19. The summed E-state index contributed by atoms with van der Waals surface area (Å²) in [5.74, 6) is -1.67. The highest BCUT2D eigenvalue weighted by Gasteiger charge is 2.34. The molecule has 0 heterocycles. The lowest BCUT2D eigenvalue weighted by molar-refractivity contribution is -0.137. The van der Waals surface area contributed by atoms with Gasteiger partial charge < -0.3 is 5.32 Å². The molecule has 1 atom stereocenters. The van der Waals surface area contributed by atoms with E-state index >= 15 is 0 Å². The van der Waals surface area contributed by atoms with Crippen LogP contribution in [0.3, 0.4) is 0 Å². The van der Waals surface area contributed by atoms with Crippen molar-refractivity contribution in [3.63, 3.8) is 0 Å². The normalized spacial score (nSPS) is 15.8. The number of carbonyl (C=O) groups is 1. The van der Waals surface area contributed by atoms with Crippen LogP contribution in [0.25, 0.3) is 0 Å². The van der Waals surface area contributed by atoms with E-state index in [0.717, 1.165) is 24.3 Å².